The zero-order valence-electron chi connectivity index (χ0n) is 24.1. The molecule has 5 rings (SSSR count). The van der Waals surface area contributed by atoms with Crippen LogP contribution < -0.4 is 5.32 Å². The van der Waals surface area contributed by atoms with E-state index in [0.717, 1.165) is 68.1 Å². The second-order valence-electron chi connectivity index (χ2n) is 11.9. The topological polar surface area (TPSA) is 69.6 Å². The predicted octanol–water partition coefficient (Wildman–Crippen LogP) is 6.92. The third-order valence-electron chi connectivity index (χ3n) is 9.07. The molecule has 0 heterocycles. The Morgan fingerprint density at radius 1 is 0.732 bits per heavy atom. The molecule has 2 aliphatic rings. The van der Waals surface area contributed by atoms with Gasteiger partial charge in [-0.2, -0.15) is 0 Å². The SMILES string of the molecule is O=C(NC(CO)c1ccccc1)C1CCCCC1c1ccc(CN(Cc2ccccc2)C(=O)C2CCCCC2)cc1. The maximum absolute atomic E-state index is 13.6. The van der Waals surface area contributed by atoms with Gasteiger partial charge in [0.2, 0.25) is 11.8 Å². The Labute approximate surface area is 245 Å². The Morgan fingerprint density at radius 3 is 1.98 bits per heavy atom. The minimum absolute atomic E-state index is 0.0220. The lowest BCUT2D eigenvalue weighted by molar-refractivity contribution is -0.138. The molecule has 2 amide bonds. The number of hydrogen-bond donors (Lipinski definition) is 2. The summed E-state index contributed by atoms with van der Waals surface area (Å²) in [5, 5.41) is 13.1. The first-order valence-electron chi connectivity index (χ1n) is 15.5. The van der Waals surface area contributed by atoms with Gasteiger partial charge in [-0.1, -0.05) is 117 Å². The minimum Gasteiger partial charge on any atom is -0.394 e. The van der Waals surface area contributed by atoms with Gasteiger partial charge in [-0.25, -0.2) is 0 Å². The van der Waals surface area contributed by atoms with Crippen molar-refractivity contribution in [2.24, 2.45) is 11.8 Å². The summed E-state index contributed by atoms with van der Waals surface area (Å²) in [7, 11) is 0. The van der Waals surface area contributed by atoms with Crippen LogP contribution in [0.1, 0.15) is 92.0 Å². The van der Waals surface area contributed by atoms with Crippen molar-refractivity contribution in [3.8, 4) is 0 Å². The van der Waals surface area contributed by atoms with Crippen molar-refractivity contribution in [3.63, 3.8) is 0 Å². The average molecular weight is 553 g/mol. The summed E-state index contributed by atoms with van der Waals surface area (Å²) >= 11 is 0. The molecule has 0 saturated heterocycles. The van der Waals surface area contributed by atoms with E-state index in [-0.39, 0.29) is 36.2 Å². The standard InChI is InChI=1S/C36H44N2O3/c39-26-34(30-14-6-2-7-15-30)37-35(40)33-19-11-10-18-32(33)29-22-20-28(21-23-29)25-38(24-27-12-4-1-5-13-27)36(41)31-16-8-3-9-17-31/h1-2,4-7,12-15,20-23,31-34,39H,3,8-11,16-19,24-26H2,(H,37,40). The molecule has 0 spiro atoms. The van der Waals surface area contributed by atoms with E-state index in [1.54, 1.807) is 0 Å². The second kappa shape index (κ2) is 14.5. The van der Waals surface area contributed by atoms with Crippen LogP contribution in [0.25, 0.3) is 0 Å². The van der Waals surface area contributed by atoms with Gasteiger partial charge in [-0.15, -0.1) is 0 Å². The Morgan fingerprint density at radius 2 is 1.32 bits per heavy atom. The number of rotatable bonds is 10. The molecule has 3 aromatic rings. The van der Waals surface area contributed by atoms with E-state index in [1.807, 2.05) is 53.4 Å². The molecule has 0 aliphatic heterocycles. The molecule has 2 fully saturated rings. The Balaban J connectivity index is 1.28. The van der Waals surface area contributed by atoms with Crippen LogP contribution in [0.2, 0.25) is 0 Å². The van der Waals surface area contributed by atoms with E-state index in [4.69, 9.17) is 0 Å². The van der Waals surface area contributed by atoms with Crippen LogP contribution in [-0.4, -0.2) is 28.4 Å². The van der Waals surface area contributed by atoms with Gasteiger partial charge in [-0.3, -0.25) is 9.59 Å². The highest BCUT2D eigenvalue weighted by atomic mass is 16.3. The predicted molar refractivity (Wildman–Crippen MR) is 163 cm³/mol. The first-order chi connectivity index (χ1) is 20.1. The van der Waals surface area contributed by atoms with Crippen LogP contribution in [0, 0.1) is 11.8 Å². The molecule has 5 heteroatoms. The molecule has 0 radical (unpaired) electrons. The van der Waals surface area contributed by atoms with Crippen molar-refractivity contribution in [3.05, 3.63) is 107 Å². The zero-order chi connectivity index (χ0) is 28.4. The van der Waals surface area contributed by atoms with E-state index in [9.17, 15) is 14.7 Å². The lowest BCUT2D eigenvalue weighted by Gasteiger charge is -2.32. The molecule has 2 saturated carbocycles. The van der Waals surface area contributed by atoms with Gasteiger partial charge < -0.3 is 15.3 Å². The third kappa shape index (κ3) is 7.65. The van der Waals surface area contributed by atoms with Gasteiger partial charge in [0, 0.05) is 24.9 Å². The van der Waals surface area contributed by atoms with E-state index in [2.05, 4.69) is 41.7 Å². The lowest BCUT2D eigenvalue weighted by atomic mass is 9.74. The highest BCUT2D eigenvalue weighted by Crippen LogP contribution is 2.38. The number of nitrogens with one attached hydrogen (secondary N) is 1. The van der Waals surface area contributed by atoms with Crippen molar-refractivity contribution in [1.29, 1.82) is 0 Å². The molecule has 0 aromatic heterocycles. The number of amides is 2. The molecule has 3 unspecified atom stereocenters. The fourth-order valence-electron chi connectivity index (χ4n) is 6.76. The molecule has 3 atom stereocenters. The summed E-state index contributed by atoms with van der Waals surface area (Å²) in [5.74, 6) is 0.464. The van der Waals surface area contributed by atoms with E-state index in [0.29, 0.717) is 13.1 Å². The van der Waals surface area contributed by atoms with Crippen molar-refractivity contribution in [1.82, 2.24) is 10.2 Å². The minimum atomic E-state index is -0.397. The van der Waals surface area contributed by atoms with Gasteiger partial charge in [-0.05, 0) is 53.9 Å². The number of nitrogens with zero attached hydrogens (tertiary/aromatic N) is 1. The summed E-state index contributed by atoms with van der Waals surface area (Å²) in [6.07, 6.45) is 9.50. The van der Waals surface area contributed by atoms with Gasteiger partial charge >= 0.3 is 0 Å². The molecular weight excluding hydrogens is 508 g/mol. The van der Waals surface area contributed by atoms with E-state index < -0.39 is 6.04 Å². The molecule has 2 aliphatic carbocycles. The second-order valence-corrected chi connectivity index (χ2v) is 11.9. The zero-order valence-corrected chi connectivity index (χ0v) is 24.1. The number of benzene rings is 3. The summed E-state index contributed by atoms with van der Waals surface area (Å²) in [6, 6.07) is 28.2. The van der Waals surface area contributed by atoms with E-state index >= 15 is 0 Å². The Kier molecular flexibility index (Phi) is 10.2. The van der Waals surface area contributed by atoms with Crippen molar-refractivity contribution < 1.29 is 14.7 Å². The maximum atomic E-state index is 13.6. The number of carbonyl (C=O) groups is 2. The largest absolute Gasteiger partial charge is 0.394 e. The Bertz CT molecular complexity index is 1240. The highest BCUT2D eigenvalue weighted by molar-refractivity contribution is 5.80. The summed E-state index contributed by atoms with van der Waals surface area (Å²) in [6.45, 7) is 1.09. The molecule has 5 nitrogen and oxygen atoms in total. The molecule has 216 valence electrons. The molecule has 0 bridgehead atoms. The van der Waals surface area contributed by atoms with Gasteiger partial charge in [0.1, 0.15) is 0 Å². The smallest absolute Gasteiger partial charge is 0.226 e. The number of aliphatic hydroxyl groups is 1. The number of aliphatic hydroxyl groups excluding tert-OH is 1. The average Bonchev–Trinajstić information content (AvgIpc) is 3.04. The lowest BCUT2D eigenvalue weighted by Crippen LogP contribution is -2.39. The highest BCUT2D eigenvalue weighted by Gasteiger charge is 2.33. The summed E-state index contributed by atoms with van der Waals surface area (Å²) in [5.41, 5.74) is 4.38. The van der Waals surface area contributed by atoms with Crippen molar-refractivity contribution >= 4 is 11.8 Å². The third-order valence-corrected chi connectivity index (χ3v) is 9.07. The van der Waals surface area contributed by atoms with Gasteiger partial charge in [0.15, 0.2) is 0 Å². The van der Waals surface area contributed by atoms with E-state index in [1.165, 1.54) is 12.0 Å². The summed E-state index contributed by atoms with van der Waals surface area (Å²) in [4.78, 5) is 29.1. The van der Waals surface area contributed by atoms with Crippen LogP contribution in [0.3, 0.4) is 0 Å². The first kappa shape index (κ1) is 29.1. The van der Waals surface area contributed by atoms with Gasteiger partial charge in [0.25, 0.3) is 0 Å². The molecule has 3 aromatic carbocycles. The maximum Gasteiger partial charge on any atom is 0.226 e. The monoisotopic (exact) mass is 552 g/mol. The quantitative estimate of drug-likeness (QED) is 0.287. The fourth-order valence-corrected chi connectivity index (χ4v) is 6.76. The van der Waals surface area contributed by atoms with Crippen LogP contribution in [0.5, 0.6) is 0 Å². The van der Waals surface area contributed by atoms with Crippen LogP contribution in [-0.2, 0) is 22.7 Å². The van der Waals surface area contributed by atoms with Crippen molar-refractivity contribution in [2.75, 3.05) is 6.61 Å². The first-order valence-corrected chi connectivity index (χ1v) is 15.5. The van der Waals surface area contributed by atoms with Gasteiger partial charge in [0.05, 0.1) is 12.6 Å². The number of hydrogen-bond acceptors (Lipinski definition) is 3. The van der Waals surface area contributed by atoms with Crippen LogP contribution in [0.4, 0.5) is 0 Å². The normalized spacial score (nSPS) is 20.2. The summed E-state index contributed by atoms with van der Waals surface area (Å²) < 4.78 is 0. The van der Waals surface area contributed by atoms with Crippen LogP contribution >= 0.6 is 0 Å². The van der Waals surface area contributed by atoms with Crippen molar-refractivity contribution in [2.45, 2.75) is 82.8 Å². The molecule has 41 heavy (non-hydrogen) atoms. The molecule has 2 N–H and O–H groups in total. The number of carbonyl (C=O) groups excluding carboxylic acids is 2. The Hall–Kier alpha value is -3.44. The van der Waals surface area contributed by atoms with Crippen LogP contribution in [0.15, 0.2) is 84.9 Å². The molecular formula is C36H44N2O3. The fraction of sp³-hybridized carbons (Fsp3) is 0.444.